The first kappa shape index (κ1) is 61.3. The Balaban J connectivity index is 1.74. The number of carboxylic acid groups (broad SMARTS) is 1. The topological polar surface area (TPSA) is 392 Å². The summed E-state index contributed by atoms with van der Waals surface area (Å²) in [6.07, 6.45) is -19.2. The molecule has 4 rings (SSSR count). The number of hydrogen-bond donors (Lipinski definition) is 10. The molecule has 2 heterocycles. The van der Waals surface area contributed by atoms with Gasteiger partial charge in [0, 0.05) is 26.2 Å². The third-order valence-electron chi connectivity index (χ3n) is 11.5. The summed E-state index contributed by atoms with van der Waals surface area (Å²) in [5.74, 6) is -1.07. The third-order valence-corrected chi connectivity index (χ3v) is 12.9. The summed E-state index contributed by atoms with van der Waals surface area (Å²) in [7, 11) is -3.29. The molecule has 5 amide bonds. The normalized spacial score (nSPS) is 29.1. The number of aliphatic hydroxyl groups is 4. The lowest BCUT2D eigenvalue weighted by Gasteiger charge is -2.51. The number of para-hydroxylation sites is 1. The van der Waals surface area contributed by atoms with E-state index < -0.39 is 171 Å². The number of nitrogens with one attached hydrogen (secondary N) is 5. The van der Waals surface area contributed by atoms with Crippen LogP contribution in [0, 0.1) is 10.1 Å². The molecule has 1 aromatic carbocycles. The summed E-state index contributed by atoms with van der Waals surface area (Å²) in [6, 6.07) is -1.02. The lowest BCUT2D eigenvalue weighted by atomic mass is 9.82. The highest BCUT2D eigenvalue weighted by atomic mass is 32.2. The van der Waals surface area contributed by atoms with Crippen molar-refractivity contribution in [1.29, 1.82) is 0 Å². The number of likely N-dealkylation sites (N-methyl/N-ethyl adjacent to an activating group) is 1. The first-order valence-electron chi connectivity index (χ1n) is 23.8. The summed E-state index contributed by atoms with van der Waals surface area (Å²) in [5, 5.41) is 78.2. The first-order chi connectivity index (χ1) is 34.0. The van der Waals surface area contributed by atoms with E-state index in [1.54, 1.807) is 62.3 Å². The largest absolute Gasteiger partial charge is 0.465 e. The van der Waals surface area contributed by atoms with Gasteiger partial charge in [-0.1, -0.05) is 12.1 Å². The van der Waals surface area contributed by atoms with Crippen LogP contribution >= 0.6 is 0 Å². The Labute approximate surface area is 428 Å². The van der Waals surface area contributed by atoms with Crippen molar-refractivity contribution in [3.05, 3.63) is 34.4 Å². The maximum absolute atomic E-state index is 13.8. The molecule has 28 nitrogen and oxygen atoms in total. The van der Waals surface area contributed by atoms with E-state index >= 15 is 0 Å². The predicted octanol–water partition coefficient (Wildman–Crippen LogP) is 0.907. The molecule has 1 saturated carbocycles. The van der Waals surface area contributed by atoms with Crippen LogP contribution in [-0.4, -0.2) is 197 Å². The van der Waals surface area contributed by atoms with Crippen molar-refractivity contribution >= 4 is 46.0 Å². The van der Waals surface area contributed by atoms with Crippen LogP contribution in [0.3, 0.4) is 0 Å². The van der Waals surface area contributed by atoms with Crippen LogP contribution < -0.4 is 26.0 Å². The number of nitro groups is 1. The summed E-state index contributed by atoms with van der Waals surface area (Å²) in [4.78, 5) is 76.0. The average molecular weight is 1080 g/mol. The number of hydrogen-bond acceptors (Lipinski definition) is 20. The fourth-order valence-corrected chi connectivity index (χ4v) is 9.59. The van der Waals surface area contributed by atoms with Gasteiger partial charge >= 0.3 is 24.4 Å². The molecule has 2 aliphatic heterocycles. The smallest absolute Gasteiger partial charge is 0.410 e. The zero-order valence-corrected chi connectivity index (χ0v) is 44.1. The first-order valence-corrected chi connectivity index (χ1v) is 25.3. The van der Waals surface area contributed by atoms with E-state index in [1.807, 2.05) is 0 Å². The Bertz CT molecular complexity index is 2250. The maximum Gasteiger partial charge on any atom is 0.410 e. The number of nitro benzene ring substituents is 1. The van der Waals surface area contributed by atoms with Crippen LogP contribution in [0.4, 0.5) is 24.9 Å². The predicted molar refractivity (Wildman–Crippen MR) is 256 cm³/mol. The highest BCUT2D eigenvalue weighted by Gasteiger charge is 2.55. The van der Waals surface area contributed by atoms with Crippen LogP contribution in [0.1, 0.15) is 94.9 Å². The number of rotatable bonds is 17. The van der Waals surface area contributed by atoms with Gasteiger partial charge in [0.15, 0.2) is 17.5 Å². The molecule has 1 aromatic rings. The number of aliphatic hydroxyl groups excluding tert-OH is 3. The van der Waals surface area contributed by atoms with E-state index in [4.69, 9.17) is 33.2 Å². The van der Waals surface area contributed by atoms with Gasteiger partial charge < -0.3 is 84.9 Å². The van der Waals surface area contributed by atoms with Gasteiger partial charge in [-0.3, -0.25) is 14.9 Å². The van der Waals surface area contributed by atoms with Crippen LogP contribution in [0.2, 0.25) is 0 Å². The third kappa shape index (κ3) is 17.7. The van der Waals surface area contributed by atoms with Crippen LogP contribution in [-0.2, 0) is 48.0 Å². The number of amides is 5. The highest BCUT2D eigenvalue weighted by molar-refractivity contribution is 7.89. The van der Waals surface area contributed by atoms with E-state index in [-0.39, 0.29) is 25.8 Å². The summed E-state index contributed by atoms with van der Waals surface area (Å²) in [5.41, 5.74) is -5.60. The standard InChI is InChI=1S/C45H73N7O21S/c1-42(2,3)71-39(59)46-19-18-28(53)35(56)48-25-20-26(50-40(60)72-43(4,5)6)33(30(54)32(25)70-37-31(55)34(45(10,62)22-67-37)51(11)41(61)73-44(7,8)9)69-36-24(49-38(57)58)17-16-23(68-36)21-47-74(65,66)29-15-13-12-14-27(29)52(63)64/h12-15,23-26,28,30-34,36-37,47,49,53-55,62H,16-22H2,1-11H3,(H,46,59)(H,48,56)(H,50,60)(H,57,58)/t23-,24+,25+,26-,28-,30+,31+,32-,33+,34+,36+,37+,45-/m0/s1. The fraction of sp³-hybridized carbons (Fsp3) is 0.756. The van der Waals surface area contributed by atoms with Crippen molar-refractivity contribution in [3.8, 4) is 0 Å². The Morgan fingerprint density at radius 3 is 2.00 bits per heavy atom. The van der Waals surface area contributed by atoms with Gasteiger partial charge in [0.05, 0.1) is 41.8 Å². The van der Waals surface area contributed by atoms with Gasteiger partial charge in [-0.25, -0.2) is 32.3 Å². The number of alkyl carbamates (subject to hydrolysis) is 2. The van der Waals surface area contributed by atoms with E-state index in [9.17, 15) is 68.0 Å². The summed E-state index contributed by atoms with van der Waals surface area (Å²) >= 11 is 0. The lowest BCUT2D eigenvalue weighted by Crippen LogP contribution is -2.71. The van der Waals surface area contributed by atoms with Gasteiger partial charge in [-0.15, -0.1) is 0 Å². The molecule has 1 aliphatic carbocycles. The Morgan fingerprint density at radius 1 is 0.851 bits per heavy atom. The second-order valence-electron chi connectivity index (χ2n) is 21.4. The van der Waals surface area contributed by atoms with Crippen LogP contribution in [0.25, 0.3) is 0 Å². The van der Waals surface area contributed by atoms with E-state index in [0.717, 1.165) is 17.0 Å². The number of carbonyl (C=O) groups excluding carboxylic acids is 4. The molecule has 3 aliphatic rings. The SMILES string of the molecule is CN(C(=O)OC(C)(C)C)[C@@H]1[C@@H](O)[C@@H](O[C@@H]2[C@@H](O)[C@H](O[C@H]3O[C@H](CNS(=O)(=O)c4ccccc4[N+](=O)[O-])CC[C@H]3NC(=O)O)[C@@H](NC(=O)OC(C)(C)C)C[C@H]2NC(=O)[C@@H](O)CCNC(=O)OC(C)(C)C)OC[C@]1(C)O. The molecule has 0 radical (unpaired) electrons. The molecular weight excluding hydrogens is 1010 g/mol. The number of nitrogens with zero attached hydrogens (tertiary/aromatic N) is 2. The Hall–Kier alpha value is -5.24. The fourth-order valence-electron chi connectivity index (χ4n) is 8.35. The summed E-state index contributed by atoms with van der Waals surface area (Å²) in [6.45, 7) is 14.3. The Kier molecular flexibility index (Phi) is 20.4. The monoisotopic (exact) mass is 1080 g/mol. The molecule has 0 bridgehead atoms. The maximum atomic E-state index is 13.8. The molecule has 13 atom stereocenters. The van der Waals surface area contributed by atoms with Gasteiger partial charge in [0.25, 0.3) is 5.69 Å². The molecule has 29 heteroatoms. The lowest BCUT2D eigenvalue weighted by molar-refractivity contribution is -0.387. The molecule has 0 unspecified atom stereocenters. The number of carbonyl (C=O) groups is 5. The molecule has 10 N–H and O–H groups in total. The molecule has 2 saturated heterocycles. The Morgan fingerprint density at radius 2 is 1.42 bits per heavy atom. The number of sulfonamides is 1. The van der Waals surface area contributed by atoms with Gasteiger partial charge in [-0.2, -0.15) is 0 Å². The molecule has 420 valence electrons. The second kappa shape index (κ2) is 24.6. The van der Waals surface area contributed by atoms with Gasteiger partial charge in [-0.05, 0) is 101 Å². The van der Waals surface area contributed by atoms with Crippen LogP contribution in [0.15, 0.2) is 29.2 Å². The molecule has 74 heavy (non-hydrogen) atoms. The van der Waals surface area contributed by atoms with Crippen molar-refractivity contribution < 1.29 is 96.0 Å². The quantitative estimate of drug-likeness (QED) is 0.0589. The van der Waals surface area contributed by atoms with E-state index in [2.05, 4.69) is 26.0 Å². The van der Waals surface area contributed by atoms with Gasteiger partial charge in [0.1, 0.15) is 52.9 Å². The minimum Gasteiger partial charge on any atom is -0.465 e. The zero-order chi connectivity index (χ0) is 55.9. The van der Waals surface area contributed by atoms with Gasteiger partial charge in [0.2, 0.25) is 15.9 Å². The number of ether oxygens (including phenoxy) is 7. The molecule has 0 aromatic heterocycles. The van der Waals surface area contributed by atoms with E-state index in [0.29, 0.717) is 0 Å². The van der Waals surface area contributed by atoms with Crippen molar-refractivity contribution in [2.24, 2.45) is 0 Å². The second-order valence-corrected chi connectivity index (χ2v) is 23.2. The van der Waals surface area contributed by atoms with Crippen molar-refractivity contribution in [1.82, 2.24) is 30.9 Å². The minimum absolute atomic E-state index is 0.00787. The summed E-state index contributed by atoms with van der Waals surface area (Å²) < 4.78 is 69.7. The van der Waals surface area contributed by atoms with Crippen molar-refractivity contribution in [3.63, 3.8) is 0 Å². The zero-order valence-electron chi connectivity index (χ0n) is 43.3. The van der Waals surface area contributed by atoms with Crippen LogP contribution in [0.5, 0.6) is 0 Å². The van der Waals surface area contributed by atoms with Crippen molar-refractivity contribution in [2.45, 2.75) is 196 Å². The van der Waals surface area contributed by atoms with Crippen molar-refractivity contribution in [2.75, 3.05) is 26.7 Å². The highest BCUT2D eigenvalue weighted by Crippen LogP contribution is 2.35. The molecule has 3 fully saturated rings. The molecule has 0 spiro atoms. The average Bonchev–Trinajstić information content (AvgIpc) is 3.24. The molecular formula is C45H73N7O21S. The number of benzene rings is 1. The minimum atomic E-state index is -4.55. The van der Waals surface area contributed by atoms with E-state index in [1.165, 1.54) is 26.1 Å².